The average molecular weight is 316 g/mol. The van der Waals surface area contributed by atoms with Crippen LogP contribution in [0.1, 0.15) is 15.3 Å². The topological polar surface area (TPSA) is 46.2 Å². The van der Waals surface area contributed by atoms with Crippen LogP contribution in [0.5, 0.6) is 0 Å². The molecule has 19 heavy (non-hydrogen) atoms. The lowest BCUT2D eigenvalue weighted by Crippen LogP contribution is -2.13. The number of anilines is 1. The highest BCUT2D eigenvalue weighted by Gasteiger charge is 2.19. The Hall–Kier alpha value is -1.04. The number of aryl methyl sites for hydroxylation is 3. The van der Waals surface area contributed by atoms with Crippen LogP contribution in [-0.4, -0.2) is 8.42 Å². The lowest BCUT2D eigenvalue weighted by atomic mass is 10.2. The molecule has 0 atom stereocenters. The van der Waals surface area contributed by atoms with Crippen molar-refractivity contribution in [1.29, 1.82) is 0 Å². The van der Waals surface area contributed by atoms with Gasteiger partial charge in [-0.25, -0.2) is 8.42 Å². The molecule has 0 fully saturated rings. The molecular formula is C13H14ClNO2S2. The second kappa shape index (κ2) is 5.15. The van der Waals surface area contributed by atoms with E-state index in [1.54, 1.807) is 31.2 Å². The summed E-state index contributed by atoms with van der Waals surface area (Å²) in [5.41, 5.74) is 1.34. The molecule has 0 aliphatic rings. The molecule has 1 aromatic carbocycles. The highest BCUT2D eigenvalue weighted by atomic mass is 35.5. The Morgan fingerprint density at radius 1 is 1.16 bits per heavy atom. The minimum absolute atomic E-state index is 0.337. The van der Waals surface area contributed by atoms with Crippen LogP contribution in [0.25, 0.3) is 0 Å². The monoisotopic (exact) mass is 315 g/mol. The molecule has 0 aliphatic carbocycles. The molecule has 0 bridgehead atoms. The summed E-state index contributed by atoms with van der Waals surface area (Å²) < 4.78 is 27.3. The Balaban J connectivity index is 2.39. The minimum atomic E-state index is -3.54. The molecule has 1 N–H and O–H groups in total. The normalized spacial score (nSPS) is 11.6. The van der Waals surface area contributed by atoms with Crippen LogP contribution in [0.2, 0.25) is 5.02 Å². The summed E-state index contributed by atoms with van der Waals surface area (Å²) in [6.45, 7) is 5.51. The van der Waals surface area contributed by atoms with E-state index in [-0.39, 0.29) is 0 Å². The van der Waals surface area contributed by atoms with Gasteiger partial charge in [-0.2, -0.15) is 0 Å². The van der Waals surface area contributed by atoms with E-state index in [0.29, 0.717) is 15.6 Å². The number of hydrogen-bond donors (Lipinski definition) is 1. The zero-order valence-corrected chi connectivity index (χ0v) is 13.2. The van der Waals surface area contributed by atoms with Crippen LogP contribution in [0, 0.1) is 20.8 Å². The Kier molecular flexibility index (Phi) is 3.90. The molecule has 0 amide bonds. The lowest BCUT2D eigenvalue weighted by molar-refractivity contribution is 0.601. The molecule has 0 aliphatic heterocycles. The molecule has 1 heterocycles. The number of halogens is 1. The van der Waals surface area contributed by atoms with Gasteiger partial charge in [-0.15, -0.1) is 11.3 Å². The van der Waals surface area contributed by atoms with Crippen molar-refractivity contribution in [2.75, 3.05) is 4.72 Å². The third kappa shape index (κ3) is 3.11. The second-order valence-electron chi connectivity index (χ2n) is 4.34. The summed E-state index contributed by atoms with van der Waals surface area (Å²) in [7, 11) is -3.54. The molecular weight excluding hydrogens is 302 g/mol. The van der Waals surface area contributed by atoms with Crippen molar-refractivity contribution in [1.82, 2.24) is 0 Å². The molecule has 0 unspecified atom stereocenters. The summed E-state index contributed by atoms with van der Waals surface area (Å²) >= 11 is 7.33. The Bertz CT molecular complexity index is 720. The first-order chi connectivity index (χ1) is 8.79. The standard InChI is InChI=1S/C13H14ClNO2S2/c1-8-6-11(14)4-5-12(8)15-19(16,17)13-7-9(2)18-10(13)3/h4-7,15H,1-3H3. The van der Waals surface area contributed by atoms with Crippen LogP contribution >= 0.6 is 22.9 Å². The largest absolute Gasteiger partial charge is 0.279 e. The smallest absolute Gasteiger partial charge is 0.263 e. The molecule has 2 rings (SSSR count). The van der Waals surface area contributed by atoms with E-state index in [4.69, 9.17) is 11.6 Å². The number of benzene rings is 1. The Morgan fingerprint density at radius 3 is 2.37 bits per heavy atom. The first-order valence-electron chi connectivity index (χ1n) is 5.65. The van der Waals surface area contributed by atoms with Gasteiger partial charge in [0.15, 0.2) is 0 Å². The Morgan fingerprint density at radius 2 is 1.84 bits per heavy atom. The van der Waals surface area contributed by atoms with E-state index in [1.165, 1.54) is 11.3 Å². The third-order valence-electron chi connectivity index (χ3n) is 2.72. The van der Waals surface area contributed by atoms with Gasteiger partial charge in [0, 0.05) is 14.8 Å². The summed E-state index contributed by atoms with van der Waals surface area (Å²) in [5, 5.41) is 0.586. The van der Waals surface area contributed by atoms with Crippen LogP contribution in [0.15, 0.2) is 29.2 Å². The van der Waals surface area contributed by atoms with Crippen molar-refractivity contribution in [3.8, 4) is 0 Å². The molecule has 2 aromatic rings. The molecule has 3 nitrogen and oxygen atoms in total. The maximum Gasteiger partial charge on any atom is 0.263 e. The molecule has 0 saturated heterocycles. The average Bonchev–Trinajstić information content (AvgIpc) is 2.63. The first kappa shape index (κ1) is 14.4. The number of thiophene rings is 1. The highest BCUT2D eigenvalue weighted by molar-refractivity contribution is 7.93. The second-order valence-corrected chi connectivity index (χ2v) is 7.89. The summed E-state index contributed by atoms with van der Waals surface area (Å²) in [5.74, 6) is 0. The fraction of sp³-hybridized carbons (Fsp3) is 0.231. The Labute approximate surface area is 122 Å². The van der Waals surface area contributed by atoms with Gasteiger partial charge in [-0.05, 0) is 50.6 Å². The minimum Gasteiger partial charge on any atom is -0.279 e. The molecule has 6 heteroatoms. The number of nitrogens with one attached hydrogen (secondary N) is 1. The van der Waals surface area contributed by atoms with E-state index in [1.807, 2.05) is 13.8 Å². The van der Waals surface area contributed by atoms with E-state index in [0.717, 1.165) is 15.3 Å². The van der Waals surface area contributed by atoms with Crippen molar-refractivity contribution in [3.63, 3.8) is 0 Å². The SMILES string of the molecule is Cc1cc(S(=O)(=O)Nc2ccc(Cl)cc2C)c(C)s1. The zero-order chi connectivity index (χ0) is 14.2. The van der Waals surface area contributed by atoms with Gasteiger partial charge in [0.05, 0.1) is 5.69 Å². The highest BCUT2D eigenvalue weighted by Crippen LogP contribution is 2.28. The maximum absolute atomic E-state index is 12.3. The number of sulfonamides is 1. The predicted molar refractivity (Wildman–Crippen MR) is 80.8 cm³/mol. The van der Waals surface area contributed by atoms with Gasteiger partial charge >= 0.3 is 0 Å². The lowest BCUT2D eigenvalue weighted by Gasteiger charge is -2.10. The van der Waals surface area contributed by atoms with Crippen molar-refractivity contribution in [3.05, 3.63) is 44.6 Å². The van der Waals surface area contributed by atoms with Crippen LogP contribution in [0.4, 0.5) is 5.69 Å². The van der Waals surface area contributed by atoms with Crippen molar-refractivity contribution < 1.29 is 8.42 Å². The van der Waals surface area contributed by atoms with Crippen molar-refractivity contribution >= 4 is 38.6 Å². The van der Waals surface area contributed by atoms with E-state index in [2.05, 4.69) is 4.72 Å². The maximum atomic E-state index is 12.3. The van der Waals surface area contributed by atoms with Gasteiger partial charge in [-0.1, -0.05) is 11.6 Å². The van der Waals surface area contributed by atoms with Crippen molar-refractivity contribution in [2.45, 2.75) is 25.7 Å². The van der Waals surface area contributed by atoms with Gasteiger partial charge in [0.2, 0.25) is 0 Å². The fourth-order valence-corrected chi connectivity index (χ4v) is 4.73. The quantitative estimate of drug-likeness (QED) is 0.925. The molecule has 0 radical (unpaired) electrons. The van der Waals surface area contributed by atoms with E-state index < -0.39 is 10.0 Å². The summed E-state index contributed by atoms with van der Waals surface area (Å²) in [4.78, 5) is 2.10. The van der Waals surface area contributed by atoms with Crippen molar-refractivity contribution in [2.24, 2.45) is 0 Å². The van der Waals surface area contributed by atoms with Gasteiger partial charge in [0.25, 0.3) is 10.0 Å². The van der Waals surface area contributed by atoms with Gasteiger partial charge < -0.3 is 0 Å². The number of rotatable bonds is 3. The molecule has 102 valence electrons. The van der Waals surface area contributed by atoms with Gasteiger partial charge in [0.1, 0.15) is 4.90 Å². The van der Waals surface area contributed by atoms with E-state index >= 15 is 0 Å². The predicted octanol–water partition coefficient (Wildman–Crippen LogP) is 4.13. The van der Waals surface area contributed by atoms with Crippen LogP contribution in [-0.2, 0) is 10.0 Å². The first-order valence-corrected chi connectivity index (χ1v) is 8.33. The van der Waals surface area contributed by atoms with Crippen LogP contribution in [0.3, 0.4) is 0 Å². The number of hydrogen-bond acceptors (Lipinski definition) is 3. The third-order valence-corrected chi connectivity index (χ3v) is 5.54. The molecule has 1 aromatic heterocycles. The van der Waals surface area contributed by atoms with Gasteiger partial charge in [-0.3, -0.25) is 4.72 Å². The summed E-state index contributed by atoms with van der Waals surface area (Å²) in [6.07, 6.45) is 0. The molecule has 0 spiro atoms. The zero-order valence-electron chi connectivity index (χ0n) is 10.8. The fourth-order valence-electron chi connectivity index (χ4n) is 1.82. The van der Waals surface area contributed by atoms with E-state index in [9.17, 15) is 8.42 Å². The summed E-state index contributed by atoms with van der Waals surface area (Å²) in [6, 6.07) is 6.75. The van der Waals surface area contributed by atoms with Crippen LogP contribution < -0.4 is 4.72 Å². The molecule has 0 saturated carbocycles.